The fourth-order valence-corrected chi connectivity index (χ4v) is 4.39. The van der Waals surface area contributed by atoms with E-state index in [1.54, 1.807) is 19.4 Å². The van der Waals surface area contributed by atoms with E-state index < -0.39 is 0 Å². The number of anilines is 4. The second-order valence-electron chi connectivity index (χ2n) is 9.52. The number of methoxy groups -OCH3 is 1. The molecule has 0 aliphatic carbocycles. The maximum atomic E-state index is 12.3. The van der Waals surface area contributed by atoms with E-state index in [0.29, 0.717) is 34.7 Å². The molecule has 13 heteroatoms. The molecule has 0 radical (unpaired) electrons. The topological polar surface area (TPSA) is 142 Å². The van der Waals surface area contributed by atoms with Gasteiger partial charge in [0.1, 0.15) is 11.6 Å². The number of hydrogen-bond acceptors (Lipinski definition) is 10. The van der Waals surface area contributed by atoms with Crippen molar-refractivity contribution in [2.24, 2.45) is 0 Å². The van der Waals surface area contributed by atoms with Gasteiger partial charge >= 0.3 is 0 Å². The number of amides is 1. The van der Waals surface area contributed by atoms with Crippen molar-refractivity contribution in [2.75, 3.05) is 56.9 Å². The zero-order chi connectivity index (χ0) is 28.9. The Hall–Kier alpha value is -5.30. The summed E-state index contributed by atoms with van der Waals surface area (Å²) in [6, 6.07) is 13.4. The van der Waals surface area contributed by atoms with Crippen molar-refractivity contribution in [3.05, 3.63) is 67.5 Å². The molecule has 41 heavy (non-hydrogen) atoms. The highest BCUT2D eigenvalue weighted by Crippen LogP contribution is 2.38. The van der Waals surface area contributed by atoms with Crippen LogP contribution in [-0.4, -0.2) is 87.3 Å². The molecule has 13 nitrogen and oxygen atoms in total. The number of carbonyl (C=O) groups is 1. The first-order chi connectivity index (χ1) is 19.9. The Bertz CT molecular complexity index is 1680. The quantitative estimate of drug-likeness (QED) is 0.208. The minimum Gasteiger partial charge on any atom is -0.494 e. The maximum Gasteiger partial charge on any atom is 0.247 e. The summed E-state index contributed by atoms with van der Waals surface area (Å²) in [6.07, 6.45) is 4.82. The third-order valence-electron chi connectivity index (χ3n) is 6.49. The number of tetrazole rings is 1. The van der Waals surface area contributed by atoms with Crippen LogP contribution in [0.25, 0.3) is 28.1 Å². The number of nitrogens with one attached hydrogen (secondary N) is 3. The number of hydrogen-bond donors (Lipinski definition) is 3. The van der Waals surface area contributed by atoms with Crippen LogP contribution in [0.2, 0.25) is 0 Å². The number of aromatic nitrogens is 7. The molecule has 2 aromatic carbocycles. The van der Waals surface area contributed by atoms with Crippen molar-refractivity contribution in [1.29, 1.82) is 0 Å². The van der Waals surface area contributed by atoms with E-state index in [1.807, 2.05) is 68.3 Å². The Balaban J connectivity index is 1.52. The van der Waals surface area contributed by atoms with E-state index in [2.05, 4.69) is 52.6 Å². The molecule has 0 saturated carbocycles. The lowest BCUT2D eigenvalue weighted by Crippen LogP contribution is -2.29. The number of rotatable bonds is 11. The predicted molar refractivity (Wildman–Crippen MR) is 159 cm³/mol. The summed E-state index contributed by atoms with van der Waals surface area (Å²) < 4.78 is 7.67. The standard InChI is InChI=1S/C28H31N11O2/c1-6-26(40)30-20-15-21(24(41-5)16-23(20)38(4)14-13-37(2)3)31-28-29-12-11-25(32-28)39-17-19(27-33-35-36-34-27)18-9-7-8-10-22(18)39/h6-12,15-17H,1,13-14H2,2-5H3,(H,30,40)(H,29,31,32)(H,33,34,35,36). The molecular formula is C28H31N11O2. The van der Waals surface area contributed by atoms with Crippen LogP contribution in [-0.2, 0) is 4.79 Å². The maximum absolute atomic E-state index is 12.3. The average Bonchev–Trinajstić information content (AvgIpc) is 3.64. The first kappa shape index (κ1) is 27.3. The fraction of sp³-hybridized carbons (Fsp3) is 0.214. The Morgan fingerprint density at radius 2 is 1.98 bits per heavy atom. The highest BCUT2D eigenvalue weighted by atomic mass is 16.5. The van der Waals surface area contributed by atoms with Crippen LogP contribution >= 0.6 is 0 Å². The molecule has 0 saturated heterocycles. The van der Waals surface area contributed by atoms with E-state index in [9.17, 15) is 4.79 Å². The van der Waals surface area contributed by atoms with Gasteiger partial charge in [-0.1, -0.05) is 24.8 Å². The minimum absolute atomic E-state index is 0.321. The van der Waals surface area contributed by atoms with Crippen LogP contribution in [0.5, 0.6) is 5.75 Å². The minimum atomic E-state index is -0.321. The summed E-state index contributed by atoms with van der Waals surface area (Å²) in [5.41, 5.74) is 3.72. The molecule has 0 aliphatic rings. The van der Waals surface area contributed by atoms with Gasteiger partial charge in [0.15, 0.2) is 0 Å². The highest BCUT2D eigenvalue weighted by molar-refractivity contribution is 6.02. The van der Waals surface area contributed by atoms with Crippen LogP contribution in [0, 0.1) is 0 Å². The molecule has 3 N–H and O–H groups in total. The highest BCUT2D eigenvalue weighted by Gasteiger charge is 2.18. The summed E-state index contributed by atoms with van der Waals surface area (Å²) in [7, 11) is 7.58. The van der Waals surface area contributed by atoms with Gasteiger partial charge in [0.25, 0.3) is 0 Å². The molecule has 0 unspecified atom stereocenters. The number of H-pyrrole nitrogens is 1. The number of para-hydroxylation sites is 1. The van der Waals surface area contributed by atoms with E-state index in [1.165, 1.54) is 6.08 Å². The van der Waals surface area contributed by atoms with Gasteiger partial charge in [0.2, 0.25) is 17.7 Å². The molecule has 0 fully saturated rings. The lowest BCUT2D eigenvalue weighted by Gasteiger charge is -2.26. The van der Waals surface area contributed by atoms with Gasteiger partial charge in [-0.3, -0.25) is 4.79 Å². The smallest absolute Gasteiger partial charge is 0.247 e. The van der Waals surface area contributed by atoms with Gasteiger partial charge in [-0.15, -0.1) is 10.2 Å². The Morgan fingerprint density at radius 1 is 1.15 bits per heavy atom. The summed E-state index contributed by atoms with van der Waals surface area (Å²) in [6.45, 7) is 5.15. The first-order valence-electron chi connectivity index (χ1n) is 12.8. The summed E-state index contributed by atoms with van der Waals surface area (Å²) in [5, 5.41) is 21.6. The Morgan fingerprint density at radius 3 is 2.71 bits per heavy atom. The SMILES string of the molecule is C=CC(=O)Nc1cc(Nc2nccc(-n3cc(-c4nn[nH]n4)c4ccccc43)n2)c(OC)cc1N(C)CCN(C)C. The van der Waals surface area contributed by atoms with E-state index in [-0.39, 0.29) is 5.91 Å². The lowest BCUT2D eigenvalue weighted by molar-refractivity contribution is -0.111. The Kier molecular flexibility index (Phi) is 7.87. The third-order valence-corrected chi connectivity index (χ3v) is 6.49. The molecule has 1 amide bonds. The monoisotopic (exact) mass is 553 g/mol. The van der Waals surface area contributed by atoms with Crippen LogP contribution in [0.3, 0.4) is 0 Å². The average molecular weight is 554 g/mol. The molecular weight excluding hydrogens is 522 g/mol. The number of carbonyl (C=O) groups excluding carboxylic acids is 1. The predicted octanol–water partition coefficient (Wildman–Crippen LogP) is 3.48. The number of likely N-dealkylation sites (N-methyl/N-ethyl adjacent to an activating group) is 2. The largest absolute Gasteiger partial charge is 0.494 e. The molecule has 0 atom stereocenters. The van der Waals surface area contributed by atoms with Gasteiger partial charge in [-0.2, -0.15) is 10.2 Å². The number of aromatic amines is 1. The van der Waals surface area contributed by atoms with Crippen LogP contribution < -0.4 is 20.3 Å². The molecule has 5 aromatic rings. The van der Waals surface area contributed by atoms with Gasteiger partial charge in [0.05, 0.1) is 29.7 Å². The molecule has 3 heterocycles. The van der Waals surface area contributed by atoms with Crippen molar-refractivity contribution in [3.8, 4) is 23.0 Å². The third kappa shape index (κ3) is 5.84. The lowest BCUT2D eigenvalue weighted by atomic mass is 10.2. The van der Waals surface area contributed by atoms with Crippen LogP contribution in [0.4, 0.5) is 23.0 Å². The Labute approximate surface area is 236 Å². The fourth-order valence-electron chi connectivity index (χ4n) is 4.39. The summed E-state index contributed by atoms with van der Waals surface area (Å²) >= 11 is 0. The summed E-state index contributed by atoms with van der Waals surface area (Å²) in [4.78, 5) is 25.6. The van der Waals surface area contributed by atoms with Gasteiger partial charge in [-0.05, 0) is 43.6 Å². The molecule has 0 spiro atoms. The van der Waals surface area contributed by atoms with Crippen molar-refractivity contribution >= 4 is 39.8 Å². The van der Waals surface area contributed by atoms with Crippen molar-refractivity contribution in [1.82, 2.24) is 40.1 Å². The summed E-state index contributed by atoms with van der Waals surface area (Å²) in [5.74, 6) is 1.70. The normalized spacial score (nSPS) is 11.0. The van der Waals surface area contributed by atoms with Crippen molar-refractivity contribution < 1.29 is 9.53 Å². The van der Waals surface area contributed by atoms with E-state index in [4.69, 9.17) is 9.72 Å². The van der Waals surface area contributed by atoms with Gasteiger partial charge in [-0.25, -0.2) is 4.98 Å². The number of benzene rings is 2. The second kappa shape index (κ2) is 11.8. The van der Waals surface area contributed by atoms with E-state index >= 15 is 0 Å². The number of ether oxygens (including phenoxy) is 1. The van der Waals surface area contributed by atoms with Gasteiger partial charge in [0, 0.05) is 49.5 Å². The van der Waals surface area contributed by atoms with Crippen molar-refractivity contribution in [3.63, 3.8) is 0 Å². The van der Waals surface area contributed by atoms with Gasteiger partial charge < -0.3 is 29.7 Å². The first-order valence-corrected chi connectivity index (χ1v) is 12.8. The van der Waals surface area contributed by atoms with Crippen LogP contribution in [0.1, 0.15) is 0 Å². The molecule has 3 aromatic heterocycles. The molecule has 0 aliphatic heterocycles. The molecule has 0 bridgehead atoms. The zero-order valence-corrected chi connectivity index (χ0v) is 23.3. The second-order valence-corrected chi connectivity index (χ2v) is 9.52. The zero-order valence-electron chi connectivity index (χ0n) is 23.3. The van der Waals surface area contributed by atoms with Crippen molar-refractivity contribution in [2.45, 2.75) is 0 Å². The molecule has 5 rings (SSSR count). The number of fused-ring (bicyclic) bond motifs is 1. The number of nitrogens with zero attached hydrogens (tertiary/aromatic N) is 8. The molecule has 210 valence electrons. The van der Waals surface area contributed by atoms with Crippen LogP contribution in [0.15, 0.2) is 67.5 Å². The van der Waals surface area contributed by atoms with E-state index in [0.717, 1.165) is 35.2 Å².